The van der Waals surface area contributed by atoms with Crippen molar-refractivity contribution in [2.24, 2.45) is 29.6 Å². The van der Waals surface area contributed by atoms with E-state index in [-0.39, 0.29) is 54.6 Å². The first-order valence-electron chi connectivity index (χ1n) is 10.6. The monoisotopic (exact) mass is 406 g/mol. The van der Waals surface area contributed by atoms with Gasteiger partial charge in [0.1, 0.15) is 18.3 Å². The van der Waals surface area contributed by atoms with Gasteiger partial charge < -0.3 is 20.1 Å². The lowest BCUT2D eigenvalue weighted by atomic mass is 9.59. The smallest absolute Gasteiger partial charge is 0.302 e. The van der Waals surface area contributed by atoms with Crippen molar-refractivity contribution in [3.8, 4) is 0 Å². The van der Waals surface area contributed by atoms with E-state index in [1.54, 1.807) is 13.0 Å². The highest BCUT2D eigenvalue weighted by Gasteiger charge is 2.62. The Kier molecular flexibility index (Phi) is 4.99. The van der Waals surface area contributed by atoms with Crippen molar-refractivity contribution >= 4 is 17.5 Å². The maximum Gasteiger partial charge on any atom is 0.302 e. The molecule has 160 valence electrons. The van der Waals surface area contributed by atoms with Crippen molar-refractivity contribution < 1.29 is 34.4 Å². The zero-order valence-corrected chi connectivity index (χ0v) is 17.0. The predicted molar refractivity (Wildman–Crippen MR) is 101 cm³/mol. The van der Waals surface area contributed by atoms with Crippen LogP contribution in [0.1, 0.15) is 52.4 Å². The number of esters is 1. The molecule has 4 aliphatic rings. The van der Waals surface area contributed by atoms with Crippen molar-refractivity contribution in [3.63, 3.8) is 0 Å². The zero-order valence-electron chi connectivity index (χ0n) is 17.0. The van der Waals surface area contributed by atoms with Gasteiger partial charge in [0.15, 0.2) is 11.6 Å². The summed E-state index contributed by atoms with van der Waals surface area (Å²) in [5.74, 6) is -1.72. The third-order valence-electron chi connectivity index (χ3n) is 8.05. The van der Waals surface area contributed by atoms with Crippen LogP contribution in [0.2, 0.25) is 0 Å². The van der Waals surface area contributed by atoms with Crippen molar-refractivity contribution in [1.29, 1.82) is 0 Å². The molecule has 0 amide bonds. The molecule has 0 aromatic heterocycles. The average molecular weight is 406 g/mol. The second-order valence-corrected chi connectivity index (χ2v) is 9.73. The molecular weight excluding hydrogens is 376 g/mol. The van der Waals surface area contributed by atoms with Gasteiger partial charge in [-0.05, 0) is 62.9 Å². The maximum atomic E-state index is 12.2. The molecule has 4 rings (SSSR count). The first-order chi connectivity index (χ1) is 13.6. The zero-order chi connectivity index (χ0) is 21.1. The number of ketones is 2. The highest BCUT2D eigenvalue weighted by Crippen LogP contribution is 2.59. The lowest BCUT2D eigenvalue weighted by molar-refractivity contribution is -0.178. The maximum absolute atomic E-state index is 12.2. The first kappa shape index (κ1) is 20.7. The highest BCUT2D eigenvalue weighted by molar-refractivity contribution is 5.93. The van der Waals surface area contributed by atoms with Gasteiger partial charge in [-0.1, -0.05) is 5.57 Å². The summed E-state index contributed by atoms with van der Waals surface area (Å²) in [6, 6.07) is 0. The predicted octanol–water partition coefficient (Wildman–Crippen LogP) is 0.933. The van der Waals surface area contributed by atoms with Crippen molar-refractivity contribution in [1.82, 2.24) is 0 Å². The number of Topliss-reactive ketones (excluding diaryl/α,β-unsaturated/α-hetero) is 1. The van der Waals surface area contributed by atoms with E-state index in [0.29, 0.717) is 19.3 Å². The van der Waals surface area contributed by atoms with Crippen LogP contribution in [-0.2, 0) is 19.1 Å². The molecule has 0 aliphatic heterocycles. The number of fused-ring (bicyclic) bond motifs is 4. The molecule has 3 N–H and O–H groups in total. The number of hydrogen-bond acceptors (Lipinski definition) is 7. The number of rotatable bonds is 3. The minimum absolute atomic E-state index is 0.00564. The Bertz CT molecular complexity index is 769. The van der Waals surface area contributed by atoms with Crippen LogP contribution >= 0.6 is 0 Å². The number of ether oxygens (including phenoxy) is 1. The quantitative estimate of drug-likeness (QED) is 0.596. The summed E-state index contributed by atoms with van der Waals surface area (Å²) in [5, 5.41) is 31.9. The number of aliphatic hydroxyl groups is 3. The van der Waals surface area contributed by atoms with Gasteiger partial charge in [0, 0.05) is 25.2 Å². The Labute approximate surface area is 170 Å². The molecule has 8 atom stereocenters. The average Bonchev–Trinajstić information content (AvgIpc) is 3.15. The van der Waals surface area contributed by atoms with Gasteiger partial charge in [-0.2, -0.15) is 0 Å². The van der Waals surface area contributed by atoms with E-state index in [2.05, 4.69) is 0 Å². The van der Waals surface area contributed by atoms with Crippen molar-refractivity contribution in [2.75, 3.05) is 6.61 Å². The topological polar surface area (TPSA) is 121 Å². The second-order valence-electron chi connectivity index (χ2n) is 9.73. The van der Waals surface area contributed by atoms with Crippen LogP contribution in [0.25, 0.3) is 0 Å². The van der Waals surface area contributed by atoms with Crippen molar-refractivity contribution in [3.05, 3.63) is 11.6 Å². The third kappa shape index (κ3) is 3.27. The standard InChI is InChI=1S/C22H30O7/c1-11(24)29-18-6-13-8-22(28,19(26)10-23)9-16(13)15-4-3-12-5-14(25)7-17(12)21(2,27)20(15)18/h5,13,15-18,20,23,27-28H,3-4,6-10H2,1-2H3/t13-,15+,16-,17+,18-,20-,21-,22+/m0/s1. The molecule has 3 fully saturated rings. The molecule has 3 saturated carbocycles. The molecule has 0 aromatic rings. The van der Waals surface area contributed by atoms with E-state index in [1.165, 1.54) is 6.92 Å². The summed E-state index contributed by atoms with van der Waals surface area (Å²) in [7, 11) is 0. The van der Waals surface area contributed by atoms with Crippen LogP contribution in [0.5, 0.6) is 0 Å². The molecule has 0 aromatic carbocycles. The SMILES string of the molecule is CC(=O)O[C@H]1C[C@H]2C[C@](O)(C(=O)CO)C[C@@H]2[C@H]2CCC3=CC(=O)C[C@H]3[C@](C)(O)[C@@H]21. The molecule has 4 aliphatic carbocycles. The fraction of sp³-hybridized carbons (Fsp3) is 0.773. The van der Waals surface area contributed by atoms with Crippen LogP contribution in [0.3, 0.4) is 0 Å². The molecular formula is C22H30O7. The lowest BCUT2D eigenvalue weighted by Gasteiger charge is -2.50. The Balaban J connectivity index is 1.73. The minimum atomic E-state index is -1.57. The van der Waals surface area contributed by atoms with Gasteiger partial charge >= 0.3 is 5.97 Å². The Morgan fingerprint density at radius 1 is 1.24 bits per heavy atom. The van der Waals surface area contributed by atoms with Gasteiger partial charge in [-0.3, -0.25) is 14.4 Å². The van der Waals surface area contributed by atoms with Crippen LogP contribution < -0.4 is 0 Å². The van der Waals surface area contributed by atoms with Gasteiger partial charge in [0.05, 0.1) is 5.60 Å². The second kappa shape index (κ2) is 7.00. The lowest BCUT2D eigenvalue weighted by Crippen LogP contribution is -2.55. The van der Waals surface area contributed by atoms with Gasteiger partial charge in [-0.15, -0.1) is 0 Å². The van der Waals surface area contributed by atoms with E-state index < -0.39 is 35.7 Å². The third-order valence-corrected chi connectivity index (χ3v) is 8.05. The number of carbonyl (C=O) groups excluding carboxylic acids is 3. The molecule has 0 bridgehead atoms. The van der Waals surface area contributed by atoms with E-state index >= 15 is 0 Å². The molecule has 0 radical (unpaired) electrons. The summed E-state index contributed by atoms with van der Waals surface area (Å²) in [6.07, 6.45) is 3.72. The summed E-state index contributed by atoms with van der Waals surface area (Å²) in [5.41, 5.74) is -1.85. The van der Waals surface area contributed by atoms with Gasteiger partial charge in [-0.25, -0.2) is 0 Å². The van der Waals surface area contributed by atoms with E-state index in [1.807, 2.05) is 0 Å². The van der Waals surface area contributed by atoms with Crippen molar-refractivity contribution in [2.45, 2.75) is 69.7 Å². The Morgan fingerprint density at radius 2 is 1.97 bits per heavy atom. The number of allylic oxidation sites excluding steroid dienone is 1. The minimum Gasteiger partial charge on any atom is -0.462 e. The van der Waals surface area contributed by atoms with E-state index in [4.69, 9.17) is 4.74 Å². The Hall–Kier alpha value is -1.57. The molecule has 7 heteroatoms. The van der Waals surface area contributed by atoms with Gasteiger partial charge in [0.2, 0.25) is 0 Å². The van der Waals surface area contributed by atoms with E-state index in [0.717, 1.165) is 5.57 Å². The molecule has 0 spiro atoms. The van der Waals surface area contributed by atoms with Crippen LogP contribution in [0, 0.1) is 29.6 Å². The largest absolute Gasteiger partial charge is 0.462 e. The number of aliphatic hydroxyl groups excluding tert-OH is 1. The number of carbonyl (C=O) groups is 3. The van der Waals surface area contributed by atoms with Crippen LogP contribution in [0.4, 0.5) is 0 Å². The first-order valence-corrected chi connectivity index (χ1v) is 10.6. The molecule has 0 saturated heterocycles. The number of hydrogen-bond donors (Lipinski definition) is 3. The fourth-order valence-corrected chi connectivity index (χ4v) is 6.98. The molecule has 7 nitrogen and oxygen atoms in total. The highest BCUT2D eigenvalue weighted by atomic mass is 16.5. The molecule has 29 heavy (non-hydrogen) atoms. The fourth-order valence-electron chi connectivity index (χ4n) is 6.98. The van der Waals surface area contributed by atoms with Crippen LogP contribution in [0.15, 0.2) is 11.6 Å². The van der Waals surface area contributed by atoms with Gasteiger partial charge in [0.25, 0.3) is 0 Å². The normalized spacial score (nSPS) is 46.2. The van der Waals surface area contributed by atoms with E-state index in [9.17, 15) is 29.7 Å². The summed E-state index contributed by atoms with van der Waals surface area (Å²) in [4.78, 5) is 36.1. The summed E-state index contributed by atoms with van der Waals surface area (Å²) in [6.45, 7) is 2.38. The Morgan fingerprint density at radius 3 is 2.62 bits per heavy atom. The summed E-state index contributed by atoms with van der Waals surface area (Å²) >= 11 is 0. The molecule has 0 unspecified atom stereocenters. The molecule has 0 heterocycles. The summed E-state index contributed by atoms with van der Waals surface area (Å²) < 4.78 is 5.67. The van der Waals surface area contributed by atoms with Crippen LogP contribution in [-0.4, -0.2) is 56.8 Å².